The maximum atomic E-state index is 12.3. The lowest BCUT2D eigenvalue weighted by Crippen LogP contribution is -2.53. The molecular formula is C15H27N3O. The number of rotatable bonds is 3. The average Bonchev–Trinajstić information content (AvgIpc) is 2.89. The Balaban J connectivity index is 1.49. The molecule has 0 aliphatic carbocycles. The van der Waals surface area contributed by atoms with Crippen LogP contribution in [0.15, 0.2) is 0 Å². The second kappa shape index (κ2) is 5.06. The lowest BCUT2D eigenvalue weighted by atomic mass is 9.90. The first-order valence-electron chi connectivity index (χ1n) is 7.84. The lowest BCUT2D eigenvalue weighted by molar-refractivity contribution is -0.126. The van der Waals surface area contributed by atoms with E-state index in [9.17, 15) is 4.79 Å². The predicted octanol–water partition coefficient (Wildman–Crippen LogP) is 1.12. The van der Waals surface area contributed by atoms with Gasteiger partial charge in [-0.25, -0.2) is 0 Å². The van der Waals surface area contributed by atoms with Gasteiger partial charge in [-0.15, -0.1) is 0 Å². The number of hydrogen-bond acceptors (Lipinski definition) is 3. The SMILES string of the molecule is CN1C2CCC1CC(CNC(=O)C1(C)CCCN1)C2. The molecule has 0 radical (unpaired) electrons. The van der Waals surface area contributed by atoms with Crippen LogP contribution in [0.4, 0.5) is 0 Å². The largest absolute Gasteiger partial charge is 0.354 e. The molecule has 3 saturated heterocycles. The fraction of sp³-hybridized carbons (Fsp3) is 0.933. The zero-order valence-electron chi connectivity index (χ0n) is 12.2. The Morgan fingerprint density at radius 2 is 2.05 bits per heavy atom. The molecule has 0 aromatic carbocycles. The van der Waals surface area contributed by atoms with Crippen LogP contribution in [0.3, 0.4) is 0 Å². The van der Waals surface area contributed by atoms with E-state index in [-0.39, 0.29) is 11.4 Å². The summed E-state index contributed by atoms with van der Waals surface area (Å²) in [5.41, 5.74) is -0.315. The van der Waals surface area contributed by atoms with Gasteiger partial charge in [-0.05, 0) is 65.0 Å². The Morgan fingerprint density at radius 1 is 1.37 bits per heavy atom. The van der Waals surface area contributed by atoms with Crippen molar-refractivity contribution in [3.8, 4) is 0 Å². The van der Waals surface area contributed by atoms with Crippen molar-refractivity contribution in [2.75, 3.05) is 20.1 Å². The quantitative estimate of drug-likeness (QED) is 0.804. The summed E-state index contributed by atoms with van der Waals surface area (Å²) in [6.45, 7) is 3.88. The number of nitrogens with one attached hydrogen (secondary N) is 2. The molecule has 0 saturated carbocycles. The third kappa shape index (κ3) is 2.52. The minimum atomic E-state index is -0.315. The summed E-state index contributed by atoms with van der Waals surface area (Å²) in [6.07, 6.45) is 7.31. The van der Waals surface area contributed by atoms with E-state index in [2.05, 4.69) is 22.6 Å². The normalized spacial score (nSPS) is 42.5. The summed E-state index contributed by atoms with van der Waals surface area (Å²) in [7, 11) is 2.26. The van der Waals surface area contributed by atoms with Crippen molar-refractivity contribution in [2.24, 2.45) is 5.92 Å². The molecule has 4 nitrogen and oxygen atoms in total. The van der Waals surface area contributed by atoms with Crippen LogP contribution in [0, 0.1) is 5.92 Å². The Labute approximate surface area is 116 Å². The van der Waals surface area contributed by atoms with Gasteiger partial charge in [-0.2, -0.15) is 0 Å². The van der Waals surface area contributed by atoms with E-state index in [4.69, 9.17) is 0 Å². The van der Waals surface area contributed by atoms with Gasteiger partial charge in [0.05, 0.1) is 5.54 Å². The summed E-state index contributed by atoms with van der Waals surface area (Å²) in [5, 5.41) is 6.54. The van der Waals surface area contributed by atoms with E-state index in [1.807, 2.05) is 6.92 Å². The monoisotopic (exact) mass is 265 g/mol. The summed E-state index contributed by atoms with van der Waals surface area (Å²) in [5.74, 6) is 0.888. The van der Waals surface area contributed by atoms with Crippen molar-refractivity contribution in [3.05, 3.63) is 0 Å². The van der Waals surface area contributed by atoms with E-state index < -0.39 is 0 Å². The van der Waals surface area contributed by atoms with Crippen LogP contribution < -0.4 is 10.6 Å². The Hall–Kier alpha value is -0.610. The van der Waals surface area contributed by atoms with Gasteiger partial charge >= 0.3 is 0 Å². The molecule has 0 aromatic heterocycles. The van der Waals surface area contributed by atoms with Crippen molar-refractivity contribution >= 4 is 5.91 Å². The Kier molecular flexibility index (Phi) is 3.56. The molecule has 0 aromatic rings. The topological polar surface area (TPSA) is 44.4 Å². The van der Waals surface area contributed by atoms with Gasteiger partial charge in [0.2, 0.25) is 5.91 Å². The molecular weight excluding hydrogens is 238 g/mol. The van der Waals surface area contributed by atoms with Crippen molar-refractivity contribution < 1.29 is 4.79 Å². The van der Waals surface area contributed by atoms with E-state index in [0.29, 0.717) is 5.92 Å². The number of piperidine rings is 1. The summed E-state index contributed by atoms with van der Waals surface area (Å²) in [4.78, 5) is 14.8. The van der Waals surface area contributed by atoms with E-state index in [1.54, 1.807) is 0 Å². The van der Waals surface area contributed by atoms with Gasteiger partial charge in [-0.1, -0.05) is 0 Å². The summed E-state index contributed by atoms with van der Waals surface area (Å²) >= 11 is 0. The molecule has 3 atom stereocenters. The van der Waals surface area contributed by atoms with Crippen LogP contribution in [0.25, 0.3) is 0 Å². The first kappa shape index (κ1) is 13.4. The molecule has 2 N–H and O–H groups in total. The first-order valence-corrected chi connectivity index (χ1v) is 7.84. The molecule has 3 rings (SSSR count). The van der Waals surface area contributed by atoms with Crippen LogP contribution in [-0.2, 0) is 4.79 Å². The zero-order chi connectivity index (χ0) is 13.5. The molecule has 108 valence electrons. The van der Waals surface area contributed by atoms with Crippen LogP contribution in [0.2, 0.25) is 0 Å². The van der Waals surface area contributed by atoms with Crippen LogP contribution in [0.1, 0.15) is 45.4 Å². The molecule has 19 heavy (non-hydrogen) atoms. The number of fused-ring (bicyclic) bond motifs is 2. The number of carbonyl (C=O) groups is 1. The predicted molar refractivity (Wildman–Crippen MR) is 75.9 cm³/mol. The summed E-state index contributed by atoms with van der Waals surface area (Å²) in [6, 6.07) is 1.53. The average molecular weight is 265 g/mol. The molecule has 1 amide bonds. The second-order valence-electron chi connectivity index (χ2n) is 6.96. The van der Waals surface area contributed by atoms with E-state index in [0.717, 1.165) is 38.0 Å². The maximum Gasteiger partial charge on any atom is 0.240 e. The van der Waals surface area contributed by atoms with Gasteiger partial charge in [0.25, 0.3) is 0 Å². The number of nitrogens with zero attached hydrogens (tertiary/aromatic N) is 1. The van der Waals surface area contributed by atoms with Crippen molar-refractivity contribution in [2.45, 2.75) is 63.1 Å². The molecule has 3 unspecified atom stereocenters. The van der Waals surface area contributed by atoms with Crippen LogP contribution in [0.5, 0.6) is 0 Å². The second-order valence-corrected chi connectivity index (χ2v) is 6.96. The lowest BCUT2D eigenvalue weighted by Gasteiger charge is -2.36. The third-order valence-corrected chi connectivity index (χ3v) is 5.62. The molecule has 3 aliphatic rings. The number of amides is 1. The fourth-order valence-electron chi connectivity index (χ4n) is 4.21. The Bertz CT molecular complexity index is 337. The highest BCUT2D eigenvalue weighted by atomic mass is 16.2. The smallest absolute Gasteiger partial charge is 0.240 e. The maximum absolute atomic E-state index is 12.3. The number of hydrogen-bond donors (Lipinski definition) is 2. The standard InChI is InChI=1S/C15H27N3O/c1-15(6-3-7-17-15)14(19)16-10-11-8-12-4-5-13(9-11)18(12)2/h11-13,17H,3-10H2,1-2H3,(H,16,19). The minimum absolute atomic E-state index is 0.205. The highest BCUT2D eigenvalue weighted by molar-refractivity contribution is 5.86. The summed E-state index contributed by atoms with van der Waals surface area (Å²) < 4.78 is 0. The van der Waals surface area contributed by atoms with Crippen molar-refractivity contribution in [1.82, 2.24) is 15.5 Å². The first-order chi connectivity index (χ1) is 9.08. The van der Waals surface area contributed by atoms with Crippen LogP contribution in [-0.4, -0.2) is 48.6 Å². The van der Waals surface area contributed by atoms with Crippen LogP contribution >= 0.6 is 0 Å². The molecule has 0 spiro atoms. The zero-order valence-corrected chi connectivity index (χ0v) is 12.2. The van der Waals surface area contributed by atoms with Crippen molar-refractivity contribution in [3.63, 3.8) is 0 Å². The Morgan fingerprint density at radius 3 is 2.63 bits per heavy atom. The van der Waals surface area contributed by atoms with Gasteiger partial charge in [0, 0.05) is 18.6 Å². The van der Waals surface area contributed by atoms with Gasteiger partial charge in [-0.3, -0.25) is 4.79 Å². The van der Waals surface area contributed by atoms with E-state index >= 15 is 0 Å². The molecule has 3 fully saturated rings. The molecule has 4 heteroatoms. The van der Waals surface area contributed by atoms with E-state index in [1.165, 1.54) is 25.7 Å². The minimum Gasteiger partial charge on any atom is -0.354 e. The molecule has 3 aliphatic heterocycles. The fourth-order valence-corrected chi connectivity index (χ4v) is 4.21. The number of carbonyl (C=O) groups excluding carboxylic acids is 1. The molecule has 3 heterocycles. The van der Waals surface area contributed by atoms with Crippen molar-refractivity contribution in [1.29, 1.82) is 0 Å². The molecule has 2 bridgehead atoms. The van der Waals surface area contributed by atoms with Gasteiger partial charge < -0.3 is 15.5 Å². The third-order valence-electron chi connectivity index (χ3n) is 5.62. The van der Waals surface area contributed by atoms with Gasteiger partial charge in [0.15, 0.2) is 0 Å². The van der Waals surface area contributed by atoms with Gasteiger partial charge in [0.1, 0.15) is 0 Å². The highest BCUT2D eigenvalue weighted by Crippen LogP contribution is 2.37. The highest BCUT2D eigenvalue weighted by Gasteiger charge is 2.39.